The Bertz CT molecular complexity index is 1150. The number of hydrogen-bond acceptors (Lipinski definition) is 5. The van der Waals surface area contributed by atoms with Gasteiger partial charge >= 0.3 is 5.97 Å². The van der Waals surface area contributed by atoms with Crippen molar-refractivity contribution in [3.8, 4) is 0 Å². The molecule has 0 N–H and O–H groups in total. The summed E-state index contributed by atoms with van der Waals surface area (Å²) in [6, 6.07) is 17.0. The number of methoxy groups -OCH3 is 1. The molecule has 4 rings (SSSR count). The number of para-hydroxylation sites is 1. The van der Waals surface area contributed by atoms with Gasteiger partial charge in [-0.3, -0.25) is 19.0 Å². The average molecular weight is 419 g/mol. The third-order valence-corrected chi connectivity index (χ3v) is 5.47. The molecule has 0 radical (unpaired) electrons. The lowest BCUT2D eigenvalue weighted by Crippen LogP contribution is -2.36. The van der Waals surface area contributed by atoms with Crippen molar-refractivity contribution in [3.63, 3.8) is 0 Å². The van der Waals surface area contributed by atoms with Crippen LogP contribution in [-0.4, -0.2) is 40.0 Å². The number of benzene rings is 2. The van der Waals surface area contributed by atoms with Crippen LogP contribution in [0.5, 0.6) is 0 Å². The van der Waals surface area contributed by atoms with Crippen LogP contribution in [0.15, 0.2) is 59.4 Å². The quantitative estimate of drug-likeness (QED) is 0.525. The molecule has 31 heavy (non-hydrogen) atoms. The van der Waals surface area contributed by atoms with Crippen LogP contribution in [0.1, 0.15) is 36.7 Å². The van der Waals surface area contributed by atoms with Crippen LogP contribution in [0, 0.1) is 0 Å². The zero-order chi connectivity index (χ0) is 21.8. The molecule has 1 aliphatic carbocycles. The maximum Gasteiger partial charge on any atom is 0.325 e. The maximum absolute atomic E-state index is 13.0. The fourth-order valence-corrected chi connectivity index (χ4v) is 3.71. The van der Waals surface area contributed by atoms with E-state index in [4.69, 9.17) is 9.72 Å². The molecule has 1 aromatic heterocycles. The molecule has 2 aromatic carbocycles. The molecule has 1 heterocycles. The highest BCUT2D eigenvalue weighted by Gasteiger charge is 2.28. The van der Waals surface area contributed by atoms with Crippen molar-refractivity contribution in [2.45, 2.75) is 38.3 Å². The molecule has 7 nitrogen and oxygen atoms in total. The zero-order valence-corrected chi connectivity index (χ0v) is 17.5. The minimum atomic E-state index is -0.469. The monoisotopic (exact) mass is 419 g/mol. The number of aromatic nitrogens is 2. The third kappa shape index (κ3) is 4.82. The molecular formula is C24H25N3O4. The Hall–Kier alpha value is -3.48. The molecule has 0 unspecified atom stereocenters. The lowest BCUT2D eigenvalue weighted by atomic mass is 10.2. The fraction of sp³-hybridized carbons (Fsp3) is 0.333. The largest absolute Gasteiger partial charge is 0.468 e. The number of esters is 1. The Morgan fingerprint density at radius 2 is 1.81 bits per heavy atom. The van der Waals surface area contributed by atoms with Crippen LogP contribution in [0.4, 0.5) is 0 Å². The van der Waals surface area contributed by atoms with E-state index in [0.29, 0.717) is 29.7 Å². The molecule has 1 fully saturated rings. The third-order valence-electron chi connectivity index (χ3n) is 5.47. The van der Waals surface area contributed by atoms with Crippen LogP contribution in [0.2, 0.25) is 0 Å². The van der Waals surface area contributed by atoms with Crippen LogP contribution in [0.25, 0.3) is 10.9 Å². The van der Waals surface area contributed by atoms with Gasteiger partial charge in [0.1, 0.15) is 12.4 Å². The number of fused-ring (bicyclic) bond motifs is 1. The summed E-state index contributed by atoms with van der Waals surface area (Å²) in [5.74, 6) is -0.0284. The highest BCUT2D eigenvalue weighted by molar-refractivity contribution is 5.82. The molecule has 0 atom stereocenters. The maximum atomic E-state index is 13.0. The number of carbonyl (C=O) groups is 2. The van der Waals surface area contributed by atoms with Crippen molar-refractivity contribution < 1.29 is 14.3 Å². The summed E-state index contributed by atoms with van der Waals surface area (Å²) < 4.78 is 6.51. The summed E-state index contributed by atoms with van der Waals surface area (Å²) in [5.41, 5.74) is 1.52. The van der Waals surface area contributed by atoms with Crippen molar-refractivity contribution >= 4 is 22.8 Å². The van der Waals surface area contributed by atoms with Crippen molar-refractivity contribution in [2.75, 3.05) is 13.7 Å². The van der Waals surface area contributed by atoms with Gasteiger partial charge in [-0.25, -0.2) is 4.98 Å². The predicted molar refractivity (Wildman–Crippen MR) is 116 cm³/mol. The first-order chi connectivity index (χ1) is 15.1. The normalized spacial score (nSPS) is 13.2. The second-order valence-corrected chi connectivity index (χ2v) is 7.76. The summed E-state index contributed by atoms with van der Waals surface area (Å²) in [6.45, 7) is 0.195. The van der Waals surface area contributed by atoms with Gasteiger partial charge in [0.25, 0.3) is 5.56 Å². The number of amides is 1. The second kappa shape index (κ2) is 9.12. The van der Waals surface area contributed by atoms with Gasteiger partial charge < -0.3 is 9.64 Å². The standard InChI is InChI=1S/C24H25N3O4/c1-31-23(29)16-26(15-17-7-3-2-4-8-17)22(28)14-13-21-25-20-10-6-5-9-19(20)24(30)27(21)18-11-12-18/h2-10,18H,11-16H2,1H3. The number of aryl methyl sites for hydroxylation is 1. The van der Waals surface area contributed by atoms with E-state index in [9.17, 15) is 14.4 Å². The van der Waals surface area contributed by atoms with E-state index < -0.39 is 5.97 Å². The molecule has 1 aliphatic rings. The molecule has 0 bridgehead atoms. The van der Waals surface area contributed by atoms with E-state index in [0.717, 1.165) is 18.4 Å². The van der Waals surface area contributed by atoms with E-state index in [1.807, 2.05) is 48.5 Å². The van der Waals surface area contributed by atoms with Crippen molar-refractivity contribution in [2.24, 2.45) is 0 Å². The van der Waals surface area contributed by atoms with Gasteiger partial charge in [0.15, 0.2) is 0 Å². The molecule has 3 aromatic rings. The highest BCUT2D eigenvalue weighted by atomic mass is 16.5. The number of hydrogen-bond donors (Lipinski definition) is 0. The van der Waals surface area contributed by atoms with Crippen LogP contribution >= 0.6 is 0 Å². The van der Waals surface area contributed by atoms with Crippen LogP contribution in [0.3, 0.4) is 0 Å². The molecule has 1 amide bonds. The fourth-order valence-electron chi connectivity index (χ4n) is 3.71. The van der Waals surface area contributed by atoms with Gasteiger partial charge in [0.2, 0.25) is 5.91 Å². The topological polar surface area (TPSA) is 81.5 Å². The SMILES string of the molecule is COC(=O)CN(Cc1ccccc1)C(=O)CCc1nc2ccccc2c(=O)n1C1CC1. The van der Waals surface area contributed by atoms with Crippen LogP contribution < -0.4 is 5.56 Å². The van der Waals surface area contributed by atoms with Gasteiger partial charge in [0, 0.05) is 25.4 Å². The Kier molecular flexibility index (Phi) is 6.11. The molecule has 1 saturated carbocycles. The molecule has 0 spiro atoms. The summed E-state index contributed by atoms with van der Waals surface area (Å²) in [5, 5.41) is 0.598. The number of carbonyl (C=O) groups excluding carboxylic acids is 2. The van der Waals surface area contributed by atoms with E-state index in [-0.39, 0.29) is 30.5 Å². The lowest BCUT2D eigenvalue weighted by molar-refractivity contribution is -0.147. The van der Waals surface area contributed by atoms with Crippen molar-refractivity contribution in [1.82, 2.24) is 14.5 Å². The molecule has 7 heteroatoms. The van der Waals surface area contributed by atoms with Gasteiger partial charge in [-0.1, -0.05) is 42.5 Å². The average Bonchev–Trinajstić information content (AvgIpc) is 3.62. The van der Waals surface area contributed by atoms with E-state index in [1.54, 1.807) is 10.6 Å². The van der Waals surface area contributed by atoms with Gasteiger partial charge in [-0.15, -0.1) is 0 Å². The molecule has 0 aliphatic heterocycles. The van der Waals surface area contributed by atoms with Gasteiger partial charge in [-0.2, -0.15) is 0 Å². The number of rotatable bonds is 8. The van der Waals surface area contributed by atoms with Crippen molar-refractivity contribution in [1.29, 1.82) is 0 Å². The first kappa shape index (κ1) is 20.8. The summed E-state index contributed by atoms with van der Waals surface area (Å²) in [4.78, 5) is 44.1. The summed E-state index contributed by atoms with van der Waals surface area (Å²) in [6.07, 6.45) is 2.38. The van der Waals surface area contributed by atoms with Gasteiger partial charge in [0.05, 0.1) is 18.0 Å². The molecular weight excluding hydrogens is 394 g/mol. The number of nitrogens with zero attached hydrogens (tertiary/aromatic N) is 3. The summed E-state index contributed by atoms with van der Waals surface area (Å²) >= 11 is 0. The van der Waals surface area contributed by atoms with E-state index in [1.165, 1.54) is 12.0 Å². The Morgan fingerprint density at radius 3 is 2.52 bits per heavy atom. The first-order valence-electron chi connectivity index (χ1n) is 10.5. The highest BCUT2D eigenvalue weighted by Crippen LogP contribution is 2.35. The van der Waals surface area contributed by atoms with Crippen LogP contribution in [-0.2, 0) is 27.3 Å². The smallest absolute Gasteiger partial charge is 0.325 e. The zero-order valence-electron chi connectivity index (χ0n) is 17.5. The Morgan fingerprint density at radius 1 is 1.10 bits per heavy atom. The first-order valence-corrected chi connectivity index (χ1v) is 10.5. The predicted octanol–water partition coefficient (Wildman–Crippen LogP) is 2.87. The lowest BCUT2D eigenvalue weighted by Gasteiger charge is -2.22. The van der Waals surface area contributed by atoms with E-state index in [2.05, 4.69) is 0 Å². The second-order valence-electron chi connectivity index (χ2n) is 7.76. The summed E-state index contributed by atoms with van der Waals surface area (Å²) in [7, 11) is 1.31. The minimum Gasteiger partial charge on any atom is -0.468 e. The van der Waals surface area contributed by atoms with Crippen molar-refractivity contribution in [3.05, 3.63) is 76.3 Å². The number of ether oxygens (including phenoxy) is 1. The molecule has 0 saturated heterocycles. The van der Waals surface area contributed by atoms with Gasteiger partial charge in [-0.05, 0) is 30.5 Å². The Balaban J connectivity index is 1.55. The molecule has 160 valence electrons. The van der Waals surface area contributed by atoms with E-state index >= 15 is 0 Å². The Labute approximate surface area is 180 Å². The minimum absolute atomic E-state index is 0.0498.